The summed E-state index contributed by atoms with van der Waals surface area (Å²) in [5.74, 6) is 0.231. The maximum atomic E-state index is 10.9. The van der Waals surface area contributed by atoms with Crippen LogP contribution in [0.25, 0.3) is 0 Å². The number of hydrogen-bond acceptors (Lipinski definition) is 4. The number of primary amides is 1. The number of nitrogens with zero attached hydrogens (tertiary/aromatic N) is 2. The number of aromatic nitrogens is 1. The summed E-state index contributed by atoms with van der Waals surface area (Å²) in [6.45, 7) is 2.34. The number of carbonyl (C=O) groups excluding carboxylic acids is 1. The molecule has 0 spiro atoms. The van der Waals surface area contributed by atoms with Gasteiger partial charge in [-0.2, -0.15) is 0 Å². The van der Waals surface area contributed by atoms with Crippen LogP contribution in [-0.4, -0.2) is 24.0 Å². The molecule has 1 fully saturated rings. The molecule has 1 aliphatic rings. The van der Waals surface area contributed by atoms with Crippen LogP contribution in [0.1, 0.15) is 25.0 Å². The van der Waals surface area contributed by atoms with Crippen molar-refractivity contribution in [3.05, 3.63) is 24.0 Å². The minimum atomic E-state index is -0.197. The van der Waals surface area contributed by atoms with E-state index in [0.29, 0.717) is 18.9 Å². The lowest BCUT2D eigenvalue weighted by molar-refractivity contribution is -0.119. The van der Waals surface area contributed by atoms with Crippen molar-refractivity contribution in [2.24, 2.45) is 17.4 Å². The number of pyridine rings is 1. The predicted molar refractivity (Wildman–Crippen MR) is 70.9 cm³/mol. The summed E-state index contributed by atoms with van der Waals surface area (Å²) in [5.41, 5.74) is 13.0. The van der Waals surface area contributed by atoms with Gasteiger partial charge in [0.25, 0.3) is 0 Å². The largest absolute Gasteiger partial charge is 0.370 e. The lowest BCUT2D eigenvalue weighted by Crippen LogP contribution is -2.35. The lowest BCUT2D eigenvalue weighted by atomic mass is 9.93. The highest BCUT2D eigenvalue weighted by atomic mass is 16.1. The molecule has 0 aromatic carbocycles. The van der Waals surface area contributed by atoms with Gasteiger partial charge in [0.05, 0.1) is 11.4 Å². The maximum Gasteiger partial charge on any atom is 0.217 e. The SMILES string of the molecule is NCc1ncccc1N1CCC(CC(N)=O)CC1. The van der Waals surface area contributed by atoms with E-state index >= 15 is 0 Å². The summed E-state index contributed by atoms with van der Waals surface area (Å²) in [7, 11) is 0. The van der Waals surface area contributed by atoms with E-state index in [9.17, 15) is 4.79 Å². The molecule has 4 N–H and O–H groups in total. The first-order chi connectivity index (χ1) is 8.70. The molecule has 0 unspecified atom stereocenters. The lowest BCUT2D eigenvalue weighted by Gasteiger charge is -2.34. The van der Waals surface area contributed by atoms with Gasteiger partial charge in [-0.1, -0.05) is 0 Å². The second-order valence-electron chi connectivity index (χ2n) is 4.77. The third-order valence-electron chi connectivity index (χ3n) is 3.50. The van der Waals surface area contributed by atoms with Crippen molar-refractivity contribution in [3.8, 4) is 0 Å². The first-order valence-electron chi connectivity index (χ1n) is 6.38. The van der Waals surface area contributed by atoms with Crippen LogP contribution in [0.5, 0.6) is 0 Å². The minimum Gasteiger partial charge on any atom is -0.370 e. The average molecular weight is 248 g/mol. The number of piperidine rings is 1. The molecule has 0 atom stereocenters. The average Bonchev–Trinajstić information content (AvgIpc) is 2.39. The van der Waals surface area contributed by atoms with Gasteiger partial charge in [-0.15, -0.1) is 0 Å². The van der Waals surface area contributed by atoms with Crippen molar-refractivity contribution in [3.63, 3.8) is 0 Å². The molecular formula is C13H20N4O. The second-order valence-corrected chi connectivity index (χ2v) is 4.77. The molecule has 1 saturated heterocycles. The predicted octanol–water partition coefficient (Wildman–Crippen LogP) is 0.632. The number of amides is 1. The van der Waals surface area contributed by atoms with E-state index < -0.39 is 0 Å². The number of anilines is 1. The van der Waals surface area contributed by atoms with E-state index in [1.54, 1.807) is 6.20 Å². The first-order valence-corrected chi connectivity index (χ1v) is 6.38. The monoisotopic (exact) mass is 248 g/mol. The summed E-state index contributed by atoms with van der Waals surface area (Å²) in [4.78, 5) is 17.5. The third-order valence-corrected chi connectivity index (χ3v) is 3.50. The van der Waals surface area contributed by atoms with Crippen molar-refractivity contribution < 1.29 is 4.79 Å². The van der Waals surface area contributed by atoms with Gasteiger partial charge in [-0.05, 0) is 30.9 Å². The summed E-state index contributed by atoms with van der Waals surface area (Å²) in [6, 6.07) is 3.99. The molecule has 0 aliphatic carbocycles. The first kappa shape index (κ1) is 12.8. The summed E-state index contributed by atoms with van der Waals surface area (Å²) in [5, 5.41) is 0. The van der Waals surface area contributed by atoms with Gasteiger partial charge < -0.3 is 16.4 Å². The van der Waals surface area contributed by atoms with Crippen molar-refractivity contribution >= 4 is 11.6 Å². The van der Waals surface area contributed by atoms with Gasteiger partial charge in [0, 0.05) is 32.3 Å². The van der Waals surface area contributed by atoms with Gasteiger partial charge in [0.15, 0.2) is 0 Å². The number of carbonyl (C=O) groups is 1. The quantitative estimate of drug-likeness (QED) is 0.818. The van der Waals surface area contributed by atoms with Gasteiger partial charge in [0.2, 0.25) is 5.91 Å². The normalized spacial score (nSPS) is 16.8. The van der Waals surface area contributed by atoms with E-state index in [2.05, 4.69) is 16.0 Å². The molecule has 0 saturated carbocycles. The van der Waals surface area contributed by atoms with Crippen LogP contribution < -0.4 is 16.4 Å². The zero-order chi connectivity index (χ0) is 13.0. The fourth-order valence-corrected chi connectivity index (χ4v) is 2.54. The summed E-state index contributed by atoms with van der Waals surface area (Å²) in [6.07, 6.45) is 4.28. The van der Waals surface area contributed by atoms with Crippen LogP contribution >= 0.6 is 0 Å². The Kier molecular flexibility index (Phi) is 4.15. The number of hydrogen-bond donors (Lipinski definition) is 2. The molecule has 1 aliphatic heterocycles. The number of nitrogens with two attached hydrogens (primary N) is 2. The highest BCUT2D eigenvalue weighted by Crippen LogP contribution is 2.26. The molecule has 0 radical (unpaired) electrons. The van der Waals surface area contributed by atoms with E-state index in [-0.39, 0.29) is 5.91 Å². The van der Waals surface area contributed by atoms with Crippen LogP contribution in [0.2, 0.25) is 0 Å². The van der Waals surface area contributed by atoms with E-state index in [1.807, 2.05) is 6.07 Å². The van der Waals surface area contributed by atoms with Crippen LogP contribution in [0, 0.1) is 5.92 Å². The van der Waals surface area contributed by atoms with Crippen molar-refractivity contribution in [1.82, 2.24) is 4.98 Å². The smallest absolute Gasteiger partial charge is 0.217 e. The van der Waals surface area contributed by atoms with Crippen LogP contribution in [-0.2, 0) is 11.3 Å². The fraction of sp³-hybridized carbons (Fsp3) is 0.538. The van der Waals surface area contributed by atoms with Crippen LogP contribution in [0.4, 0.5) is 5.69 Å². The van der Waals surface area contributed by atoms with Gasteiger partial charge >= 0.3 is 0 Å². The van der Waals surface area contributed by atoms with Gasteiger partial charge in [-0.3, -0.25) is 9.78 Å². The molecule has 0 bridgehead atoms. The molecular weight excluding hydrogens is 228 g/mol. The summed E-state index contributed by atoms with van der Waals surface area (Å²) < 4.78 is 0. The van der Waals surface area contributed by atoms with Crippen molar-refractivity contribution in [1.29, 1.82) is 0 Å². The van der Waals surface area contributed by atoms with Gasteiger partial charge in [0.1, 0.15) is 0 Å². The zero-order valence-electron chi connectivity index (χ0n) is 10.5. The highest BCUT2D eigenvalue weighted by molar-refractivity contribution is 5.74. The Balaban J connectivity index is 1.99. The molecule has 1 amide bonds. The second kappa shape index (κ2) is 5.82. The van der Waals surface area contributed by atoms with E-state index in [4.69, 9.17) is 11.5 Å². The Hall–Kier alpha value is -1.62. The Morgan fingerprint density at radius 1 is 1.44 bits per heavy atom. The molecule has 1 aromatic heterocycles. The van der Waals surface area contributed by atoms with Crippen LogP contribution in [0.15, 0.2) is 18.3 Å². The minimum absolute atomic E-state index is 0.197. The highest BCUT2D eigenvalue weighted by Gasteiger charge is 2.22. The van der Waals surface area contributed by atoms with Crippen molar-refractivity contribution in [2.75, 3.05) is 18.0 Å². The third kappa shape index (κ3) is 2.98. The fourth-order valence-electron chi connectivity index (χ4n) is 2.54. The standard InChI is InChI=1S/C13H20N4O/c14-9-11-12(2-1-5-16-11)17-6-3-10(4-7-17)8-13(15)18/h1-2,5,10H,3-4,6-9,14H2,(H2,15,18). The Morgan fingerprint density at radius 3 is 2.78 bits per heavy atom. The molecule has 18 heavy (non-hydrogen) atoms. The molecule has 5 heteroatoms. The molecule has 2 rings (SSSR count). The number of rotatable bonds is 4. The zero-order valence-corrected chi connectivity index (χ0v) is 10.5. The van der Waals surface area contributed by atoms with Gasteiger partial charge in [-0.25, -0.2) is 0 Å². The van der Waals surface area contributed by atoms with E-state index in [1.165, 1.54) is 0 Å². The molecule has 98 valence electrons. The maximum absolute atomic E-state index is 10.9. The molecule has 5 nitrogen and oxygen atoms in total. The van der Waals surface area contributed by atoms with E-state index in [0.717, 1.165) is 37.3 Å². The Bertz CT molecular complexity index is 413. The Labute approximate surface area is 107 Å². The van der Waals surface area contributed by atoms with Crippen molar-refractivity contribution in [2.45, 2.75) is 25.8 Å². The molecule has 2 heterocycles. The molecule has 1 aromatic rings. The van der Waals surface area contributed by atoms with Crippen LogP contribution in [0.3, 0.4) is 0 Å². The topological polar surface area (TPSA) is 85.2 Å². The Morgan fingerprint density at radius 2 is 2.17 bits per heavy atom. The summed E-state index contributed by atoms with van der Waals surface area (Å²) >= 11 is 0.